The summed E-state index contributed by atoms with van der Waals surface area (Å²) in [5.41, 5.74) is 0.695. The lowest BCUT2D eigenvalue weighted by molar-refractivity contribution is -0.121. The van der Waals surface area contributed by atoms with Gasteiger partial charge in [-0.25, -0.2) is 4.39 Å². The minimum atomic E-state index is -0.499. The van der Waals surface area contributed by atoms with Crippen LogP contribution in [-0.4, -0.2) is 24.8 Å². The Morgan fingerprint density at radius 1 is 1.23 bits per heavy atom. The van der Waals surface area contributed by atoms with Crippen LogP contribution in [0.15, 0.2) is 42.5 Å². The molecule has 0 fully saturated rings. The van der Waals surface area contributed by atoms with Gasteiger partial charge in [-0.2, -0.15) is 0 Å². The minimum absolute atomic E-state index is 0.174. The Kier molecular flexibility index (Phi) is 3.81. The molecule has 0 radical (unpaired) electrons. The van der Waals surface area contributed by atoms with Gasteiger partial charge in [0, 0.05) is 16.7 Å². The second kappa shape index (κ2) is 5.77. The Hall–Kier alpha value is -2.40. The van der Waals surface area contributed by atoms with Crippen LogP contribution >= 0.6 is 11.6 Å². The Labute approximate surface area is 131 Å². The average molecular weight is 320 g/mol. The van der Waals surface area contributed by atoms with Gasteiger partial charge in [0.25, 0.3) is 5.91 Å². The first-order valence-corrected chi connectivity index (χ1v) is 6.94. The van der Waals surface area contributed by atoms with Crippen LogP contribution in [-0.2, 0) is 4.79 Å². The number of anilines is 1. The molecule has 0 saturated carbocycles. The van der Waals surface area contributed by atoms with Crippen molar-refractivity contribution in [1.82, 2.24) is 0 Å². The van der Waals surface area contributed by atoms with Crippen molar-refractivity contribution in [2.75, 3.05) is 18.1 Å². The second-order valence-corrected chi connectivity index (χ2v) is 5.25. The largest absolute Gasteiger partial charge is 0.482 e. The number of carbonyl (C=O) groups is 2. The fourth-order valence-corrected chi connectivity index (χ4v) is 2.35. The lowest BCUT2D eigenvalue weighted by Gasteiger charge is -2.28. The molecule has 0 spiro atoms. The van der Waals surface area contributed by atoms with Crippen LogP contribution in [0.2, 0.25) is 5.02 Å². The van der Waals surface area contributed by atoms with E-state index in [1.807, 2.05) is 0 Å². The van der Waals surface area contributed by atoms with Crippen molar-refractivity contribution in [2.45, 2.75) is 0 Å². The van der Waals surface area contributed by atoms with E-state index in [0.29, 0.717) is 16.3 Å². The number of hydrogen-bond acceptors (Lipinski definition) is 3. The molecular weight excluding hydrogens is 309 g/mol. The number of halogens is 2. The van der Waals surface area contributed by atoms with Crippen LogP contribution in [0.4, 0.5) is 10.1 Å². The van der Waals surface area contributed by atoms with Crippen LogP contribution in [0.25, 0.3) is 0 Å². The predicted molar refractivity (Wildman–Crippen MR) is 80.0 cm³/mol. The third-order valence-electron chi connectivity index (χ3n) is 3.33. The number of benzene rings is 2. The number of ether oxygens (including phenoxy) is 1. The molecule has 1 aliphatic heterocycles. The summed E-state index contributed by atoms with van der Waals surface area (Å²) < 4.78 is 18.6. The molecule has 0 atom stereocenters. The third kappa shape index (κ3) is 2.80. The van der Waals surface area contributed by atoms with E-state index in [9.17, 15) is 14.0 Å². The maximum absolute atomic E-state index is 13.4. The van der Waals surface area contributed by atoms with E-state index in [1.165, 1.54) is 23.1 Å². The number of carbonyl (C=O) groups excluding carboxylic acids is 2. The zero-order valence-corrected chi connectivity index (χ0v) is 12.1. The molecule has 112 valence electrons. The van der Waals surface area contributed by atoms with E-state index >= 15 is 0 Å². The van der Waals surface area contributed by atoms with Crippen LogP contribution < -0.4 is 9.64 Å². The first kappa shape index (κ1) is 14.5. The summed E-state index contributed by atoms with van der Waals surface area (Å²) in [6.45, 7) is -0.354. The van der Waals surface area contributed by atoms with Crippen molar-refractivity contribution < 1.29 is 18.7 Å². The van der Waals surface area contributed by atoms with Gasteiger partial charge in [-0.1, -0.05) is 11.6 Å². The summed E-state index contributed by atoms with van der Waals surface area (Å²) in [6, 6.07) is 10.2. The fourth-order valence-electron chi connectivity index (χ4n) is 2.22. The summed E-state index contributed by atoms with van der Waals surface area (Å²) in [4.78, 5) is 25.5. The monoisotopic (exact) mass is 319 g/mol. The number of nitrogens with zero attached hydrogens (tertiary/aromatic N) is 1. The molecule has 22 heavy (non-hydrogen) atoms. The molecule has 6 heteroatoms. The molecule has 0 aliphatic carbocycles. The first-order chi connectivity index (χ1) is 10.5. The molecule has 0 bridgehead atoms. The van der Waals surface area contributed by atoms with Gasteiger partial charge < -0.3 is 4.74 Å². The predicted octanol–water partition coefficient (Wildman–Crippen LogP) is 3.09. The normalized spacial score (nSPS) is 13.5. The summed E-state index contributed by atoms with van der Waals surface area (Å²) in [5.74, 6) is -0.770. The molecule has 1 heterocycles. The Balaban J connectivity index is 1.88. The van der Waals surface area contributed by atoms with Gasteiger partial charge in [-0.05, 0) is 36.4 Å². The maximum atomic E-state index is 13.4. The number of rotatable bonds is 3. The van der Waals surface area contributed by atoms with Crippen molar-refractivity contribution in [1.29, 1.82) is 0 Å². The zero-order chi connectivity index (χ0) is 15.7. The minimum Gasteiger partial charge on any atom is -0.482 e. The standard InChI is InChI=1S/C16H11ClFNO3/c17-11-3-1-10(2-4-11)14(20)8-19-13-7-12(18)5-6-15(13)22-9-16(19)21/h1-7H,8-9H2. The van der Waals surface area contributed by atoms with E-state index in [2.05, 4.69) is 0 Å². The quantitative estimate of drug-likeness (QED) is 0.817. The molecule has 1 aliphatic rings. The van der Waals surface area contributed by atoms with Crippen molar-refractivity contribution in [3.8, 4) is 5.75 Å². The van der Waals surface area contributed by atoms with Gasteiger partial charge in [0.05, 0.1) is 12.2 Å². The first-order valence-electron chi connectivity index (χ1n) is 6.56. The maximum Gasteiger partial charge on any atom is 0.265 e. The topological polar surface area (TPSA) is 46.6 Å². The van der Waals surface area contributed by atoms with Gasteiger partial charge in [0.2, 0.25) is 0 Å². The summed E-state index contributed by atoms with van der Waals surface area (Å²) in [7, 11) is 0. The van der Waals surface area contributed by atoms with Gasteiger partial charge in [0.15, 0.2) is 12.4 Å². The van der Waals surface area contributed by atoms with Crippen LogP contribution in [0.5, 0.6) is 5.75 Å². The van der Waals surface area contributed by atoms with E-state index in [0.717, 1.165) is 0 Å². The van der Waals surface area contributed by atoms with E-state index in [1.54, 1.807) is 24.3 Å². The van der Waals surface area contributed by atoms with E-state index in [-0.39, 0.29) is 30.5 Å². The molecule has 2 aromatic rings. The molecule has 1 amide bonds. The van der Waals surface area contributed by atoms with Crippen LogP contribution in [0.1, 0.15) is 10.4 Å². The smallest absolute Gasteiger partial charge is 0.265 e. The number of Topliss-reactive ketones (excluding diaryl/α,β-unsaturated/α-hetero) is 1. The van der Waals surface area contributed by atoms with Crippen molar-refractivity contribution in [3.63, 3.8) is 0 Å². The molecule has 0 aromatic heterocycles. The lowest BCUT2D eigenvalue weighted by atomic mass is 10.1. The SMILES string of the molecule is O=C(CN1C(=O)COc2ccc(F)cc21)c1ccc(Cl)cc1. The van der Waals surface area contributed by atoms with Gasteiger partial charge >= 0.3 is 0 Å². The second-order valence-electron chi connectivity index (χ2n) is 4.81. The Morgan fingerprint density at radius 3 is 2.68 bits per heavy atom. The van der Waals surface area contributed by atoms with Crippen molar-refractivity contribution in [2.24, 2.45) is 0 Å². The third-order valence-corrected chi connectivity index (χ3v) is 3.58. The molecule has 0 N–H and O–H groups in total. The number of fused-ring (bicyclic) bond motifs is 1. The zero-order valence-electron chi connectivity index (χ0n) is 11.4. The average Bonchev–Trinajstić information content (AvgIpc) is 2.51. The Bertz CT molecular complexity index is 746. The van der Waals surface area contributed by atoms with Crippen LogP contribution in [0, 0.1) is 5.82 Å². The number of amides is 1. The van der Waals surface area contributed by atoms with Gasteiger partial charge in [-0.15, -0.1) is 0 Å². The highest BCUT2D eigenvalue weighted by molar-refractivity contribution is 6.30. The van der Waals surface area contributed by atoms with E-state index in [4.69, 9.17) is 16.3 Å². The van der Waals surface area contributed by atoms with Crippen molar-refractivity contribution in [3.05, 3.63) is 58.9 Å². The van der Waals surface area contributed by atoms with Crippen molar-refractivity contribution >= 4 is 29.0 Å². The van der Waals surface area contributed by atoms with Crippen LogP contribution in [0.3, 0.4) is 0 Å². The fraction of sp³-hybridized carbons (Fsp3) is 0.125. The highest BCUT2D eigenvalue weighted by atomic mass is 35.5. The molecule has 0 unspecified atom stereocenters. The molecule has 0 saturated heterocycles. The molecular formula is C16H11ClFNO3. The highest BCUT2D eigenvalue weighted by Gasteiger charge is 2.28. The summed E-state index contributed by atoms with van der Waals surface area (Å²) in [6.07, 6.45) is 0. The number of hydrogen-bond donors (Lipinski definition) is 0. The molecule has 2 aromatic carbocycles. The Morgan fingerprint density at radius 2 is 1.95 bits per heavy atom. The summed E-state index contributed by atoms with van der Waals surface area (Å²) in [5, 5.41) is 0.520. The lowest BCUT2D eigenvalue weighted by Crippen LogP contribution is -2.42. The van der Waals surface area contributed by atoms with Gasteiger partial charge in [-0.3, -0.25) is 14.5 Å². The van der Waals surface area contributed by atoms with Gasteiger partial charge in [0.1, 0.15) is 11.6 Å². The molecule has 4 nitrogen and oxygen atoms in total. The van der Waals surface area contributed by atoms with E-state index < -0.39 is 5.82 Å². The molecule has 3 rings (SSSR count). The highest BCUT2D eigenvalue weighted by Crippen LogP contribution is 2.32. The summed E-state index contributed by atoms with van der Waals surface area (Å²) >= 11 is 5.78. The number of ketones is 1.